The van der Waals surface area contributed by atoms with Gasteiger partial charge in [-0.05, 0) is 24.3 Å². The molecule has 3 rings (SSSR count). The molecule has 0 spiro atoms. The Morgan fingerprint density at radius 1 is 1.00 bits per heavy atom. The monoisotopic (exact) mass is 317 g/mol. The summed E-state index contributed by atoms with van der Waals surface area (Å²) < 4.78 is 37.2. The Kier molecular flexibility index (Phi) is 4.46. The number of para-hydroxylation sites is 1. The maximum atomic E-state index is 13.5. The van der Waals surface area contributed by atoms with Crippen LogP contribution >= 0.6 is 0 Å². The van der Waals surface area contributed by atoms with E-state index in [-0.39, 0.29) is 24.7 Å². The summed E-state index contributed by atoms with van der Waals surface area (Å²) in [6.45, 7) is 0.267. The van der Waals surface area contributed by atoms with Crippen molar-refractivity contribution < 1.29 is 17.9 Å². The fourth-order valence-corrected chi connectivity index (χ4v) is 1.88. The molecule has 0 radical (unpaired) electrons. The van der Waals surface area contributed by atoms with Gasteiger partial charge in [-0.2, -0.15) is 0 Å². The third-order valence-electron chi connectivity index (χ3n) is 2.98. The Bertz CT molecular complexity index is 778. The zero-order chi connectivity index (χ0) is 16.1. The van der Waals surface area contributed by atoms with Gasteiger partial charge in [0.25, 0.3) is 5.89 Å². The number of hydrogen-bond acceptors (Lipinski definition) is 5. The van der Waals surface area contributed by atoms with Crippen LogP contribution < -0.4 is 10.1 Å². The Morgan fingerprint density at radius 3 is 2.57 bits per heavy atom. The SMILES string of the molecule is Fc1ccc(NCc2nnc(COc3ccccc3)o2)c(F)c1. The first-order valence-corrected chi connectivity index (χ1v) is 6.89. The van der Waals surface area contributed by atoms with Crippen LogP contribution in [-0.2, 0) is 13.2 Å². The first-order chi connectivity index (χ1) is 11.2. The summed E-state index contributed by atoms with van der Waals surface area (Å²) in [7, 11) is 0. The summed E-state index contributed by atoms with van der Waals surface area (Å²) in [6.07, 6.45) is 0. The van der Waals surface area contributed by atoms with Gasteiger partial charge in [-0.1, -0.05) is 18.2 Å². The number of aromatic nitrogens is 2. The third kappa shape index (κ3) is 4.03. The van der Waals surface area contributed by atoms with Crippen LogP contribution in [0.2, 0.25) is 0 Å². The molecule has 2 aromatic carbocycles. The van der Waals surface area contributed by atoms with Gasteiger partial charge in [-0.15, -0.1) is 10.2 Å². The first-order valence-electron chi connectivity index (χ1n) is 6.89. The normalized spacial score (nSPS) is 10.5. The molecule has 0 saturated carbocycles. The maximum absolute atomic E-state index is 13.5. The van der Waals surface area contributed by atoms with E-state index in [2.05, 4.69) is 15.5 Å². The number of hydrogen-bond donors (Lipinski definition) is 1. The third-order valence-corrected chi connectivity index (χ3v) is 2.98. The number of anilines is 1. The molecule has 5 nitrogen and oxygen atoms in total. The predicted octanol–water partition coefficient (Wildman–Crippen LogP) is 3.54. The van der Waals surface area contributed by atoms with Crippen LogP contribution in [-0.4, -0.2) is 10.2 Å². The van der Waals surface area contributed by atoms with E-state index in [1.807, 2.05) is 30.3 Å². The molecule has 0 aliphatic rings. The smallest absolute Gasteiger partial charge is 0.253 e. The van der Waals surface area contributed by atoms with Crippen molar-refractivity contribution in [1.82, 2.24) is 10.2 Å². The highest BCUT2D eigenvalue weighted by Gasteiger charge is 2.08. The molecule has 0 fully saturated rings. The molecule has 3 aromatic rings. The maximum Gasteiger partial charge on any atom is 0.253 e. The number of halogens is 2. The molecular weight excluding hydrogens is 304 g/mol. The van der Waals surface area contributed by atoms with Gasteiger partial charge >= 0.3 is 0 Å². The quantitative estimate of drug-likeness (QED) is 0.753. The van der Waals surface area contributed by atoms with Crippen molar-refractivity contribution in [2.75, 3.05) is 5.32 Å². The minimum atomic E-state index is -0.683. The number of rotatable bonds is 6. The van der Waals surface area contributed by atoms with Gasteiger partial charge in [-0.25, -0.2) is 8.78 Å². The Hall–Kier alpha value is -2.96. The Labute approximate surface area is 130 Å². The molecule has 1 aromatic heterocycles. The lowest BCUT2D eigenvalue weighted by Gasteiger charge is -2.04. The largest absolute Gasteiger partial charge is 0.484 e. The fraction of sp³-hybridized carbons (Fsp3) is 0.125. The van der Waals surface area contributed by atoms with E-state index < -0.39 is 11.6 Å². The molecule has 1 heterocycles. The van der Waals surface area contributed by atoms with Gasteiger partial charge in [0, 0.05) is 6.07 Å². The summed E-state index contributed by atoms with van der Waals surface area (Å²) in [5.74, 6) is -0.0345. The molecule has 118 valence electrons. The van der Waals surface area contributed by atoms with E-state index in [0.29, 0.717) is 11.6 Å². The van der Waals surface area contributed by atoms with Crippen molar-refractivity contribution in [3.8, 4) is 5.75 Å². The van der Waals surface area contributed by atoms with Gasteiger partial charge in [0.05, 0.1) is 12.2 Å². The Balaban J connectivity index is 1.55. The average Bonchev–Trinajstić information content (AvgIpc) is 3.01. The standard InChI is InChI=1S/C16H13F2N3O2/c17-11-6-7-14(13(18)8-11)19-9-15-20-21-16(23-15)10-22-12-4-2-1-3-5-12/h1-8,19H,9-10H2. The van der Waals surface area contributed by atoms with E-state index >= 15 is 0 Å². The van der Waals surface area contributed by atoms with Crippen LogP contribution in [0.5, 0.6) is 5.75 Å². The van der Waals surface area contributed by atoms with Gasteiger partial charge < -0.3 is 14.5 Å². The van der Waals surface area contributed by atoms with Crippen molar-refractivity contribution in [1.29, 1.82) is 0 Å². The second-order valence-corrected chi connectivity index (χ2v) is 4.67. The zero-order valence-electron chi connectivity index (χ0n) is 12.0. The highest BCUT2D eigenvalue weighted by atomic mass is 19.1. The van der Waals surface area contributed by atoms with Crippen LogP contribution in [0.25, 0.3) is 0 Å². The number of benzene rings is 2. The Morgan fingerprint density at radius 2 is 1.78 bits per heavy atom. The summed E-state index contributed by atoms with van der Waals surface area (Å²) in [5.41, 5.74) is 0.159. The summed E-state index contributed by atoms with van der Waals surface area (Å²) >= 11 is 0. The number of ether oxygens (including phenoxy) is 1. The molecule has 0 saturated heterocycles. The fourth-order valence-electron chi connectivity index (χ4n) is 1.88. The van der Waals surface area contributed by atoms with Crippen LogP contribution in [0.15, 0.2) is 52.9 Å². The second-order valence-electron chi connectivity index (χ2n) is 4.67. The van der Waals surface area contributed by atoms with E-state index in [1.165, 1.54) is 12.1 Å². The van der Waals surface area contributed by atoms with Crippen molar-refractivity contribution >= 4 is 5.69 Å². The topological polar surface area (TPSA) is 60.2 Å². The first kappa shape index (κ1) is 15.0. The van der Waals surface area contributed by atoms with Gasteiger partial charge in [0.2, 0.25) is 5.89 Å². The van der Waals surface area contributed by atoms with Crippen LogP contribution in [0.1, 0.15) is 11.8 Å². The highest BCUT2D eigenvalue weighted by Crippen LogP contribution is 2.16. The van der Waals surface area contributed by atoms with Crippen molar-refractivity contribution in [2.45, 2.75) is 13.2 Å². The molecule has 0 aliphatic carbocycles. The van der Waals surface area contributed by atoms with E-state index in [9.17, 15) is 8.78 Å². The molecule has 0 bridgehead atoms. The molecule has 0 aliphatic heterocycles. The molecular formula is C16H13F2N3O2. The molecule has 0 unspecified atom stereocenters. The molecule has 1 N–H and O–H groups in total. The summed E-state index contributed by atoms with van der Waals surface area (Å²) in [6, 6.07) is 12.5. The lowest BCUT2D eigenvalue weighted by Crippen LogP contribution is -2.02. The van der Waals surface area contributed by atoms with Crippen LogP contribution in [0.4, 0.5) is 14.5 Å². The van der Waals surface area contributed by atoms with E-state index in [0.717, 1.165) is 6.07 Å². The zero-order valence-corrected chi connectivity index (χ0v) is 12.0. The molecule has 0 atom stereocenters. The second kappa shape index (κ2) is 6.87. The number of nitrogens with zero attached hydrogens (tertiary/aromatic N) is 2. The highest BCUT2D eigenvalue weighted by molar-refractivity contribution is 5.44. The van der Waals surface area contributed by atoms with E-state index in [4.69, 9.17) is 9.15 Å². The summed E-state index contributed by atoms with van der Waals surface area (Å²) in [4.78, 5) is 0. The van der Waals surface area contributed by atoms with Gasteiger partial charge in [0.15, 0.2) is 6.61 Å². The minimum Gasteiger partial charge on any atom is -0.484 e. The van der Waals surface area contributed by atoms with E-state index in [1.54, 1.807) is 0 Å². The lowest BCUT2D eigenvalue weighted by molar-refractivity contribution is 0.259. The van der Waals surface area contributed by atoms with Crippen LogP contribution in [0, 0.1) is 11.6 Å². The average molecular weight is 317 g/mol. The summed E-state index contributed by atoms with van der Waals surface area (Å²) in [5, 5.41) is 10.4. The molecule has 0 amide bonds. The minimum absolute atomic E-state index is 0.126. The molecule has 7 heteroatoms. The van der Waals surface area contributed by atoms with Crippen LogP contribution in [0.3, 0.4) is 0 Å². The lowest BCUT2D eigenvalue weighted by atomic mass is 10.3. The van der Waals surface area contributed by atoms with Gasteiger partial charge in [-0.3, -0.25) is 0 Å². The molecule has 23 heavy (non-hydrogen) atoms. The number of nitrogens with one attached hydrogen (secondary N) is 1. The predicted molar refractivity (Wildman–Crippen MR) is 78.8 cm³/mol. The van der Waals surface area contributed by atoms with Gasteiger partial charge in [0.1, 0.15) is 17.4 Å². The van der Waals surface area contributed by atoms with Crippen molar-refractivity contribution in [3.63, 3.8) is 0 Å². The van der Waals surface area contributed by atoms with Crippen molar-refractivity contribution in [2.24, 2.45) is 0 Å². The van der Waals surface area contributed by atoms with Crippen molar-refractivity contribution in [3.05, 3.63) is 71.9 Å².